The van der Waals surface area contributed by atoms with E-state index in [9.17, 15) is 22.8 Å². The van der Waals surface area contributed by atoms with Gasteiger partial charge in [-0.05, 0) is 31.4 Å². The van der Waals surface area contributed by atoms with E-state index >= 15 is 0 Å². The van der Waals surface area contributed by atoms with Crippen molar-refractivity contribution < 1.29 is 22.8 Å². The van der Waals surface area contributed by atoms with Crippen LogP contribution in [0.5, 0.6) is 0 Å². The number of amides is 3. The molecule has 9 heteroatoms. The van der Waals surface area contributed by atoms with Crippen LogP contribution in [0.4, 0.5) is 5.69 Å². The molecule has 2 heterocycles. The van der Waals surface area contributed by atoms with Gasteiger partial charge in [0, 0.05) is 24.7 Å². The molecule has 3 rings (SSSR count). The van der Waals surface area contributed by atoms with E-state index in [4.69, 9.17) is 0 Å². The van der Waals surface area contributed by atoms with Gasteiger partial charge >= 0.3 is 0 Å². The van der Waals surface area contributed by atoms with Gasteiger partial charge < -0.3 is 15.5 Å². The number of nitrogens with zero attached hydrogens (tertiary/aromatic N) is 1. The topological polar surface area (TPSA) is 113 Å². The van der Waals surface area contributed by atoms with Crippen LogP contribution in [-0.2, 0) is 24.2 Å². The third kappa shape index (κ3) is 4.52. The van der Waals surface area contributed by atoms with Gasteiger partial charge in [-0.1, -0.05) is 18.2 Å². The number of aryl methyl sites for hydroxylation is 2. The van der Waals surface area contributed by atoms with Gasteiger partial charge in [-0.25, -0.2) is 8.42 Å². The molecule has 152 valence electrons. The van der Waals surface area contributed by atoms with Crippen molar-refractivity contribution in [3.63, 3.8) is 0 Å². The molecule has 2 N–H and O–H groups in total. The zero-order valence-corrected chi connectivity index (χ0v) is 16.8. The lowest BCUT2D eigenvalue weighted by molar-refractivity contribution is -0.130. The Bertz CT molecular complexity index is 892. The van der Waals surface area contributed by atoms with E-state index in [2.05, 4.69) is 10.6 Å². The minimum atomic E-state index is -3.10. The Hall–Kier alpha value is -2.42. The van der Waals surface area contributed by atoms with Gasteiger partial charge in [-0.3, -0.25) is 14.4 Å². The number of hydrogen-bond donors (Lipinski definition) is 2. The van der Waals surface area contributed by atoms with Crippen molar-refractivity contribution in [3.05, 3.63) is 29.3 Å². The fraction of sp³-hybridized carbons (Fsp3) is 0.526. The fourth-order valence-corrected chi connectivity index (χ4v) is 5.52. The summed E-state index contributed by atoms with van der Waals surface area (Å²) in [7, 11) is -3.10. The van der Waals surface area contributed by atoms with Crippen LogP contribution in [0.1, 0.15) is 24.0 Å². The van der Waals surface area contributed by atoms with Gasteiger partial charge in [-0.2, -0.15) is 0 Å². The van der Waals surface area contributed by atoms with Crippen LogP contribution in [-0.4, -0.2) is 61.7 Å². The number of rotatable bonds is 5. The molecule has 0 spiro atoms. The lowest BCUT2D eigenvalue weighted by atomic mass is 10.1. The lowest BCUT2D eigenvalue weighted by Crippen LogP contribution is -2.40. The Morgan fingerprint density at radius 3 is 2.50 bits per heavy atom. The van der Waals surface area contributed by atoms with Gasteiger partial charge in [0.2, 0.25) is 17.7 Å². The number of anilines is 1. The first-order valence-corrected chi connectivity index (χ1v) is 11.1. The Labute approximate surface area is 164 Å². The van der Waals surface area contributed by atoms with E-state index in [1.165, 1.54) is 4.90 Å². The summed E-state index contributed by atoms with van der Waals surface area (Å²) >= 11 is 0. The van der Waals surface area contributed by atoms with E-state index in [0.717, 1.165) is 16.8 Å². The molecule has 2 aliphatic rings. The average molecular weight is 407 g/mol. The maximum atomic E-state index is 12.4. The molecule has 0 aromatic heterocycles. The van der Waals surface area contributed by atoms with Crippen LogP contribution in [0.25, 0.3) is 0 Å². The molecule has 2 fully saturated rings. The molecular formula is C19H25N3O5S. The summed E-state index contributed by atoms with van der Waals surface area (Å²) in [5, 5.41) is 5.38. The van der Waals surface area contributed by atoms with Gasteiger partial charge in [-0.15, -0.1) is 0 Å². The van der Waals surface area contributed by atoms with Crippen LogP contribution in [0.2, 0.25) is 0 Å². The zero-order chi connectivity index (χ0) is 20.5. The van der Waals surface area contributed by atoms with E-state index < -0.39 is 15.8 Å². The second kappa shape index (κ2) is 7.90. The van der Waals surface area contributed by atoms with Crippen molar-refractivity contribution in [1.29, 1.82) is 0 Å². The first kappa shape index (κ1) is 20.3. The number of sulfone groups is 1. The van der Waals surface area contributed by atoms with Crippen LogP contribution < -0.4 is 10.6 Å². The summed E-state index contributed by atoms with van der Waals surface area (Å²) in [6.07, 6.45) is 0.460. The highest BCUT2D eigenvalue weighted by Gasteiger charge is 2.41. The molecular weight excluding hydrogens is 382 g/mol. The second-order valence-corrected chi connectivity index (χ2v) is 9.77. The molecule has 2 aliphatic heterocycles. The third-order valence-corrected chi connectivity index (χ3v) is 7.10. The number of benzene rings is 1. The monoisotopic (exact) mass is 407 g/mol. The third-order valence-electron chi connectivity index (χ3n) is 5.35. The van der Waals surface area contributed by atoms with Crippen LogP contribution in [0, 0.1) is 19.8 Å². The first-order valence-electron chi connectivity index (χ1n) is 9.30. The molecule has 0 radical (unpaired) electrons. The Kier molecular flexibility index (Phi) is 5.74. The Balaban J connectivity index is 1.51. The molecule has 8 nitrogen and oxygen atoms in total. The van der Waals surface area contributed by atoms with Crippen molar-refractivity contribution in [1.82, 2.24) is 10.2 Å². The normalized spacial score (nSPS) is 23.6. The minimum Gasteiger partial charge on any atom is -0.347 e. The van der Waals surface area contributed by atoms with Crippen molar-refractivity contribution in [3.8, 4) is 0 Å². The summed E-state index contributed by atoms with van der Waals surface area (Å²) < 4.78 is 23.3. The van der Waals surface area contributed by atoms with Crippen molar-refractivity contribution in [2.75, 3.05) is 29.9 Å². The molecule has 28 heavy (non-hydrogen) atoms. The number of carbonyl (C=O) groups is 3. The standard InChI is InChI=1S/C19H25N3O5S/c1-12-4-3-5-13(2)18(12)21-16(23)9-20-19(25)14-8-17(24)22(10-14)15-6-7-28(26,27)11-15/h3-5,14-15H,6-11H2,1-2H3,(H,20,25)(H,21,23)/t14-,15-/m1/s1. The number of likely N-dealkylation sites (tertiary alicyclic amines) is 1. The van der Waals surface area contributed by atoms with Gasteiger partial charge in [0.05, 0.1) is 24.0 Å². The quantitative estimate of drug-likeness (QED) is 0.733. The molecule has 3 amide bonds. The Morgan fingerprint density at radius 1 is 1.21 bits per heavy atom. The van der Waals surface area contributed by atoms with Crippen LogP contribution in [0.15, 0.2) is 18.2 Å². The maximum Gasteiger partial charge on any atom is 0.243 e. The first-order chi connectivity index (χ1) is 13.2. The van der Waals surface area contributed by atoms with Crippen molar-refractivity contribution >= 4 is 33.2 Å². The van der Waals surface area contributed by atoms with Crippen molar-refractivity contribution in [2.45, 2.75) is 32.7 Å². The summed E-state index contributed by atoms with van der Waals surface area (Å²) in [5.41, 5.74) is 2.60. The van der Waals surface area contributed by atoms with E-state index in [1.54, 1.807) is 0 Å². The molecule has 0 unspecified atom stereocenters. The highest BCUT2D eigenvalue weighted by molar-refractivity contribution is 7.91. The highest BCUT2D eigenvalue weighted by atomic mass is 32.2. The number of hydrogen-bond acceptors (Lipinski definition) is 5. The molecule has 1 aromatic rings. The van der Waals surface area contributed by atoms with Crippen LogP contribution >= 0.6 is 0 Å². The average Bonchev–Trinajstić information content (AvgIpc) is 3.18. The van der Waals surface area contributed by atoms with E-state index in [0.29, 0.717) is 6.42 Å². The second-order valence-electron chi connectivity index (χ2n) is 7.54. The zero-order valence-electron chi connectivity index (χ0n) is 16.0. The van der Waals surface area contributed by atoms with Gasteiger partial charge in [0.25, 0.3) is 0 Å². The summed E-state index contributed by atoms with van der Waals surface area (Å²) in [5.74, 6) is -1.43. The molecule has 0 bridgehead atoms. The molecule has 0 saturated carbocycles. The minimum absolute atomic E-state index is 0.0364. The molecule has 2 atom stereocenters. The van der Waals surface area contributed by atoms with Crippen molar-refractivity contribution in [2.24, 2.45) is 5.92 Å². The number of para-hydroxylation sites is 1. The predicted molar refractivity (Wildman–Crippen MR) is 104 cm³/mol. The van der Waals surface area contributed by atoms with E-state index in [-0.39, 0.29) is 54.8 Å². The maximum absolute atomic E-state index is 12.4. The molecule has 1 aromatic carbocycles. The largest absolute Gasteiger partial charge is 0.347 e. The van der Waals surface area contributed by atoms with E-state index in [1.807, 2.05) is 32.0 Å². The van der Waals surface area contributed by atoms with Crippen LogP contribution in [0.3, 0.4) is 0 Å². The lowest BCUT2D eigenvalue weighted by Gasteiger charge is -2.22. The highest BCUT2D eigenvalue weighted by Crippen LogP contribution is 2.26. The fourth-order valence-electron chi connectivity index (χ4n) is 3.79. The summed E-state index contributed by atoms with van der Waals surface area (Å²) in [6, 6.07) is 5.34. The predicted octanol–water partition coefficient (Wildman–Crippen LogP) is 0.394. The number of carbonyl (C=O) groups excluding carboxylic acids is 3. The molecule has 2 saturated heterocycles. The van der Waals surface area contributed by atoms with Gasteiger partial charge in [0.15, 0.2) is 9.84 Å². The summed E-state index contributed by atoms with van der Waals surface area (Å²) in [4.78, 5) is 38.3. The summed E-state index contributed by atoms with van der Waals surface area (Å²) in [6.45, 7) is 3.80. The number of nitrogens with one attached hydrogen (secondary N) is 2. The Morgan fingerprint density at radius 2 is 1.89 bits per heavy atom. The smallest absolute Gasteiger partial charge is 0.243 e. The SMILES string of the molecule is Cc1cccc(C)c1NC(=O)CNC(=O)[C@@H]1CC(=O)N([C@@H]2CCS(=O)(=O)C2)C1. The molecule has 0 aliphatic carbocycles. The van der Waals surface area contributed by atoms with Gasteiger partial charge in [0.1, 0.15) is 0 Å².